The van der Waals surface area contributed by atoms with Gasteiger partial charge >= 0.3 is 5.97 Å². The van der Waals surface area contributed by atoms with Gasteiger partial charge in [-0.2, -0.15) is 0 Å². The van der Waals surface area contributed by atoms with E-state index in [4.69, 9.17) is 23.2 Å². The summed E-state index contributed by atoms with van der Waals surface area (Å²) < 4.78 is 24.8. The molecule has 14 heteroatoms. The molecule has 0 spiro atoms. The monoisotopic (exact) mass is 553 g/mol. The number of carbonyl (C=O) groups is 2. The van der Waals surface area contributed by atoms with Crippen molar-refractivity contribution in [3.05, 3.63) is 75.4 Å². The molecule has 11 nitrogen and oxygen atoms in total. The summed E-state index contributed by atoms with van der Waals surface area (Å²) >= 11 is 11.5. The standard InChI is InChI=1S/C22H21Cl2N5O6S/c1-2-7-36(34,35)20-11-19(25-12-26-20)28-16(22(31)32)8-13-3-5-15(6-4-13)27-21(30)14-9-17(23)29(33)18(24)10-14/h3-6,9-12,16H,2,7-8H2,1H3,(H,27,30)(H,31,32)(H,25,26,28)/t16-/m0/s1. The van der Waals surface area contributed by atoms with Crippen LogP contribution in [0.2, 0.25) is 10.3 Å². The normalized spacial score (nSPS) is 12.1. The number of amides is 1. The second-order valence-electron chi connectivity index (χ2n) is 7.63. The number of halogens is 2. The molecule has 3 aromatic rings. The number of hydrogen-bond acceptors (Lipinski definition) is 8. The van der Waals surface area contributed by atoms with Crippen molar-refractivity contribution in [3.63, 3.8) is 0 Å². The van der Waals surface area contributed by atoms with E-state index < -0.39 is 27.8 Å². The van der Waals surface area contributed by atoms with Crippen LogP contribution in [0.4, 0.5) is 11.5 Å². The highest BCUT2D eigenvalue weighted by Crippen LogP contribution is 2.18. The van der Waals surface area contributed by atoms with E-state index in [9.17, 15) is 28.3 Å². The van der Waals surface area contributed by atoms with E-state index in [-0.39, 0.29) is 43.6 Å². The third kappa shape index (κ3) is 6.80. The lowest BCUT2D eigenvalue weighted by atomic mass is 10.1. The number of carboxylic acids is 1. The lowest BCUT2D eigenvalue weighted by Crippen LogP contribution is -2.32. The number of aromatic nitrogens is 3. The minimum absolute atomic E-state index is 0.0397. The molecule has 36 heavy (non-hydrogen) atoms. The highest BCUT2D eigenvalue weighted by atomic mass is 35.5. The number of nitrogens with one attached hydrogen (secondary N) is 2. The summed E-state index contributed by atoms with van der Waals surface area (Å²) in [7, 11) is -3.59. The van der Waals surface area contributed by atoms with Crippen LogP contribution in [0, 0.1) is 5.21 Å². The Bertz CT molecular complexity index is 1360. The highest BCUT2D eigenvalue weighted by molar-refractivity contribution is 7.91. The molecule has 2 heterocycles. The maximum absolute atomic E-state index is 12.4. The summed E-state index contributed by atoms with van der Waals surface area (Å²) in [5.41, 5.74) is 1.12. The first-order valence-corrected chi connectivity index (χ1v) is 12.9. The first kappa shape index (κ1) is 27.1. The molecule has 0 bridgehead atoms. The van der Waals surface area contributed by atoms with Crippen molar-refractivity contribution in [3.8, 4) is 0 Å². The minimum atomic E-state index is -3.59. The zero-order chi connectivity index (χ0) is 26.5. The molecule has 0 saturated carbocycles. The fourth-order valence-corrected chi connectivity index (χ4v) is 4.86. The van der Waals surface area contributed by atoms with Crippen LogP contribution in [0.15, 0.2) is 53.8 Å². The van der Waals surface area contributed by atoms with Crippen LogP contribution in [0.5, 0.6) is 0 Å². The van der Waals surface area contributed by atoms with Crippen molar-refractivity contribution in [2.24, 2.45) is 0 Å². The molecule has 0 saturated heterocycles. The number of pyridine rings is 1. The van der Waals surface area contributed by atoms with Gasteiger partial charge in [0.25, 0.3) is 16.2 Å². The minimum Gasteiger partial charge on any atom is -0.617 e. The predicted molar refractivity (Wildman–Crippen MR) is 133 cm³/mol. The second-order valence-corrected chi connectivity index (χ2v) is 10.5. The van der Waals surface area contributed by atoms with Gasteiger partial charge in [0, 0.05) is 30.3 Å². The lowest BCUT2D eigenvalue weighted by molar-refractivity contribution is -0.600. The Balaban J connectivity index is 1.69. The van der Waals surface area contributed by atoms with Gasteiger partial charge in [-0.05, 0) is 47.3 Å². The number of anilines is 2. The molecule has 0 aliphatic rings. The first-order valence-electron chi connectivity index (χ1n) is 10.5. The van der Waals surface area contributed by atoms with E-state index in [2.05, 4.69) is 20.6 Å². The van der Waals surface area contributed by atoms with Gasteiger partial charge in [-0.3, -0.25) is 4.79 Å². The molecule has 190 valence electrons. The number of sulfone groups is 1. The van der Waals surface area contributed by atoms with Gasteiger partial charge in [0.2, 0.25) is 0 Å². The van der Waals surface area contributed by atoms with Crippen LogP contribution in [0.25, 0.3) is 0 Å². The van der Waals surface area contributed by atoms with E-state index >= 15 is 0 Å². The second kappa shape index (κ2) is 11.5. The van der Waals surface area contributed by atoms with Gasteiger partial charge in [0.05, 0.1) is 11.3 Å². The molecule has 0 fully saturated rings. The maximum Gasteiger partial charge on any atom is 0.326 e. The van der Waals surface area contributed by atoms with E-state index in [1.165, 1.54) is 18.2 Å². The molecule has 0 unspecified atom stereocenters. The number of carbonyl (C=O) groups excluding carboxylic acids is 1. The van der Waals surface area contributed by atoms with Crippen LogP contribution in [0.1, 0.15) is 29.3 Å². The van der Waals surface area contributed by atoms with E-state index in [0.29, 0.717) is 17.7 Å². The van der Waals surface area contributed by atoms with Gasteiger partial charge in [-0.15, -0.1) is 4.73 Å². The smallest absolute Gasteiger partial charge is 0.326 e. The molecule has 1 amide bonds. The van der Waals surface area contributed by atoms with Crippen LogP contribution in [-0.4, -0.2) is 47.2 Å². The Morgan fingerprint density at radius 3 is 2.33 bits per heavy atom. The van der Waals surface area contributed by atoms with Gasteiger partial charge < -0.3 is 20.9 Å². The van der Waals surface area contributed by atoms with E-state index in [1.54, 1.807) is 31.2 Å². The van der Waals surface area contributed by atoms with Crippen molar-refractivity contribution in [1.29, 1.82) is 0 Å². The van der Waals surface area contributed by atoms with Crippen molar-refractivity contribution in [1.82, 2.24) is 9.97 Å². The van der Waals surface area contributed by atoms with E-state index in [0.717, 1.165) is 6.33 Å². The molecule has 0 aliphatic heterocycles. The first-order chi connectivity index (χ1) is 17.0. The topological polar surface area (TPSA) is 165 Å². The van der Waals surface area contributed by atoms with Gasteiger partial charge in [0.15, 0.2) is 14.9 Å². The Morgan fingerprint density at radius 2 is 1.75 bits per heavy atom. The number of rotatable bonds is 10. The average molecular weight is 554 g/mol. The number of benzene rings is 1. The third-order valence-electron chi connectivity index (χ3n) is 4.90. The molecule has 1 atom stereocenters. The van der Waals surface area contributed by atoms with Crippen molar-refractivity contribution < 1.29 is 27.8 Å². The molecule has 2 aromatic heterocycles. The van der Waals surface area contributed by atoms with Crippen molar-refractivity contribution in [2.75, 3.05) is 16.4 Å². The summed E-state index contributed by atoms with van der Waals surface area (Å²) in [6, 6.07) is 8.85. The zero-order valence-electron chi connectivity index (χ0n) is 18.8. The molecular formula is C22H21Cl2N5O6S. The molecular weight excluding hydrogens is 533 g/mol. The van der Waals surface area contributed by atoms with Gasteiger partial charge in [0.1, 0.15) is 18.2 Å². The number of carboxylic acid groups (broad SMARTS) is 1. The summed E-state index contributed by atoms with van der Waals surface area (Å²) in [5, 5.41) is 25.8. The summed E-state index contributed by atoms with van der Waals surface area (Å²) in [6.07, 6.45) is 1.51. The zero-order valence-corrected chi connectivity index (χ0v) is 21.1. The Morgan fingerprint density at radius 1 is 1.11 bits per heavy atom. The molecule has 1 aromatic carbocycles. The molecule has 3 rings (SSSR count). The third-order valence-corrected chi connectivity index (χ3v) is 7.24. The van der Waals surface area contributed by atoms with Crippen LogP contribution in [-0.2, 0) is 21.1 Å². The number of aliphatic carboxylic acids is 1. The summed E-state index contributed by atoms with van der Waals surface area (Å²) in [5.74, 6) is -1.74. The molecule has 3 N–H and O–H groups in total. The Hall–Kier alpha value is -3.48. The average Bonchev–Trinajstić information content (AvgIpc) is 2.83. The van der Waals surface area contributed by atoms with Crippen LogP contribution >= 0.6 is 23.2 Å². The van der Waals surface area contributed by atoms with Crippen LogP contribution in [0.3, 0.4) is 0 Å². The fraction of sp³-hybridized carbons (Fsp3) is 0.227. The van der Waals surface area contributed by atoms with Crippen LogP contribution < -0.4 is 15.4 Å². The fourth-order valence-electron chi connectivity index (χ4n) is 3.15. The number of hydrogen-bond donors (Lipinski definition) is 3. The Labute approximate surface area is 216 Å². The predicted octanol–water partition coefficient (Wildman–Crippen LogP) is 2.96. The largest absolute Gasteiger partial charge is 0.617 e. The number of nitrogens with zero attached hydrogens (tertiary/aromatic N) is 3. The van der Waals surface area contributed by atoms with Gasteiger partial charge in [-0.1, -0.05) is 19.1 Å². The van der Waals surface area contributed by atoms with E-state index in [1.807, 2.05) is 0 Å². The SMILES string of the molecule is CCCS(=O)(=O)c1cc(N[C@@H](Cc2ccc(NC(=O)c3cc(Cl)[n+]([O-])c(Cl)c3)cc2)C(=O)O)ncn1. The van der Waals surface area contributed by atoms with Gasteiger partial charge in [-0.25, -0.2) is 23.2 Å². The molecule has 0 aliphatic carbocycles. The molecule has 0 radical (unpaired) electrons. The van der Waals surface area contributed by atoms with Crippen molar-refractivity contribution in [2.45, 2.75) is 30.8 Å². The lowest BCUT2D eigenvalue weighted by Gasteiger charge is -2.16. The maximum atomic E-state index is 12.4. The summed E-state index contributed by atoms with van der Waals surface area (Å²) in [6.45, 7) is 1.73. The quantitative estimate of drug-likeness (QED) is 0.148. The highest BCUT2D eigenvalue weighted by Gasteiger charge is 2.21. The van der Waals surface area contributed by atoms with Crippen molar-refractivity contribution >= 4 is 56.4 Å². The summed E-state index contributed by atoms with van der Waals surface area (Å²) in [4.78, 5) is 32.0. The Kier molecular flexibility index (Phi) is 8.66.